The molecule has 2 N–H and O–H groups in total. The van der Waals surface area contributed by atoms with Gasteiger partial charge in [-0.05, 0) is 56.4 Å². The molecule has 5 nitrogen and oxygen atoms in total. The number of anilines is 1. The van der Waals surface area contributed by atoms with Crippen LogP contribution in [0.5, 0.6) is 0 Å². The molecule has 0 spiro atoms. The third-order valence-corrected chi connectivity index (χ3v) is 7.64. The minimum absolute atomic E-state index is 0.156. The second kappa shape index (κ2) is 12.2. The van der Waals surface area contributed by atoms with E-state index in [9.17, 15) is 15.0 Å². The van der Waals surface area contributed by atoms with Crippen molar-refractivity contribution < 1.29 is 15.0 Å². The minimum Gasteiger partial charge on any atom is -0.480 e. The lowest BCUT2D eigenvalue weighted by Gasteiger charge is -2.25. The Balaban J connectivity index is 1.64. The third-order valence-electron chi connectivity index (χ3n) is 5.46. The third kappa shape index (κ3) is 7.88. The number of hydrogen-bond donors (Lipinski definition) is 2. The van der Waals surface area contributed by atoms with Crippen molar-refractivity contribution in [2.24, 2.45) is 0 Å². The van der Waals surface area contributed by atoms with E-state index in [4.69, 9.17) is 0 Å². The summed E-state index contributed by atoms with van der Waals surface area (Å²) in [5.41, 5.74) is 4.64. The van der Waals surface area contributed by atoms with Gasteiger partial charge in [-0.3, -0.25) is 4.79 Å². The number of thiazole rings is 1. The van der Waals surface area contributed by atoms with Crippen LogP contribution in [0, 0.1) is 0 Å². The van der Waals surface area contributed by atoms with Gasteiger partial charge in [-0.15, -0.1) is 11.3 Å². The van der Waals surface area contributed by atoms with Gasteiger partial charge in [0.25, 0.3) is 0 Å². The number of aryl methyl sites for hydroxylation is 1. The summed E-state index contributed by atoms with van der Waals surface area (Å²) in [6.45, 7) is 5.34. The lowest BCUT2D eigenvalue weighted by Crippen LogP contribution is -2.27. The van der Waals surface area contributed by atoms with Crippen molar-refractivity contribution in [1.29, 1.82) is 0 Å². The maximum atomic E-state index is 11.4. The summed E-state index contributed by atoms with van der Waals surface area (Å²) in [4.78, 5) is 18.5. The average molecular weight is 485 g/mol. The summed E-state index contributed by atoms with van der Waals surface area (Å²) in [5, 5.41) is 20.6. The van der Waals surface area contributed by atoms with E-state index in [2.05, 4.69) is 58.4 Å². The number of hydrogen-bond acceptors (Lipinski definition) is 6. The molecule has 33 heavy (non-hydrogen) atoms. The maximum absolute atomic E-state index is 11.4. The Labute approximate surface area is 204 Å². The van der Waals surface area contributed by atoms with Crippen LogP contribution in [-0.2, 0) is 24.1 Å². The maximum Gasteiger partial charge on any atom is 0.319 e. The fourth-order valence-electron chi connectivity index (χ4n) is 3.45. The molecule has 0 unspecified atom stereocenters. The molecule has 7 heteroatoms. The number of thioether (sulfide) groups is 1. The molecule has 0 aliphatic heterocycles. The number of rotatable bonds is 13. The molecule has 0 saturated heterocycles. The normalized spacial score (nSPS) is 11.5. The number of carboxylic acids is 1. The smallest absolute Gasteiger partial charge is 0.319 e. The Bertz CT molecular complexity index is 1000. The molecule has 0 aliphatic rings. The highest BCUT2D eigenvalue weighted by Crippen LogP contribution is 2.34. The van der Waals surface area contributed by atoms with Crippen molar-refractivity contribution >= 4 is 34.8 Å². The van der Waals surface area contributed by atoms with Crippen LogP contribution in [0.3, 0.4) is 0 Å². The number of carbonyl (C=O) groups is 1. The topological polar surface area (TPSA) is 73.7 Å². The van der Waals surface area contributed by atoms with Gasteiger partial charge < -0.3 is 15.1 Å². The molecular weight excluding hydrogens is 452 g/mol. The molecule has 0 saturated carbocycles. The first-order valence-electron chi connectivity index (χ1n) is 11.2. The fourth-order valence-corrected chi connectivity index (χ4v) is 5.68. The molecule has 3 rings (SSSR count). The van der Waals surface area contributed by atoms with Gasteiger partial charge in [0.2, 0.25) is 0 Å². The average Bonchev–Trinajstić information content (AvgIpc) is 3.24. The van der Waals surface area contributed by atoms with Gasteiger partial charge in [0.1, 0.15) is 4.75 Å². The Hall–Kier alpha value is -2.35. The molecule has 1 heterocycles. The minimum atomic E-state index is -0.894. The first kappa shape index (κ1) is 25.3. The fraction of sp³-hybridized carbons (Fsp3) is 0.385. The summed E-state index contributed by atoms with van der Waals surface area (Å²) >= 11 is 2.81. The van der Waals surface area contributed by atoms with Gasteiger partial charge >= 0.3 is 5.97 Å². The molecule has 3 aromatic rings. The highest BCUT2D eigenvalue weighted by Gasteiger charge is 2.29. The van der Waals surface area contributed by atoms with Crippen LogP contribution >= 0.6 is 23.1 Å². The first-order valence-corrected chi connectivity index (χ1v) is 12.9. The van der Waals surface area contributed by atoms with Crippen LogP contribution in [0.25, 0.3) is 0 Å². The van der Waals surface area contributed by atoms with E-state index >= 15 is 0 Å². The Kier molecular flexibility index (Phi) is 9.35. The van der Waals surface area contributed by atoms with Gasteiger partial charge in [0.15, 0.2) is 4.34 Å². The van der Waals surface area contributed by atoms with Crippen molar-refractivity contribution in [3.8, 4) is 0 Å². The number of benzene rings is 2. The van der Waals surface area contributed by atoms with Crippen LogP contribution in [0.1, 0.15) is 37.1 Å². The van der Waals surface area contributed by atoms with Crippen molar-refractivity contribution in [2.75, 3.05) is 24.6 Å². The number of aliphatic hydroxyl groups is 1. The standard InChI is InChI=1S/C26H32N2O3S2/c1-26(2,24(30)31)33-25-27-22(19-32-25)14-17-28(16-6-9-20-7-4-3-5-8-20)23-12-10-21(11-13-23)15-18-29/h3-5,7-8,10-13,19,29H,6,9,14-18H2,1-2H3,(H,30,31). The zero-order chi connectivity index (χ0) is 23.7. The second-order valence-corrected chi connectivity index (χ2v) is 11.2. The molecular formula is C26H32N2O3S2. The summed E-state index contributed by atoms with van der Waals surface area (Å²) in [6.07, 6.45) is 3.55. The van der Waals surface area contributed by atoms with Crippen LogP contribution in [0.4, 0.5) is 5.69 Å². The zero-order valence-corrected chi connectivity index (χ0v) is 20.9. The molecule has 0 aliphatic carbocycles. The number of aliphatic hydroxyl groups excluding tert-OH is 1. The number of aliphatic carboxylic acids is 1. The highest BCUT2D eigenvalue weighted by molar-refractivity contribution is 8.02. The molecule has 0 fully saturated rings. The Morgan fingerprint density at radius 3 is 2.36 bits per heavy atom. The number of carboxylic acid groups (broad SMARTS) is 1. The van der Waals surface area contributed by atoms with E-state index in [1.165, 1.54) is 34.3 Å². The highest BCUT2D eigenvalue weighted by atomic mass is 32.2. The van der Waals surface area contributed by atoms with Crippen LogP contribution in [0.15, 0.2) is 64.3 Å². The summed E-state index contributed by atoms with van der Waals surface area (Å²) in [5.74, 6) is -0.835. The van der Waals surface area contributed by atoms with Gasteiger partial charge in [0, 0.05) is 37.2 Å². The predicted octanol–water partition coefficient (Wildman–Crippen LogP) is 5.32. The van der Waals surface area contributed by atoms with E-state index in [1.54, 1.807) is 13.8 Å². The van der Waals surface area contributed by atoms with Gasteiger partial charge in [-0.2, -0.15) is 0 Å². The number of aromatic nitrogens is 1. The van der Waals surface area contributed by atoms with E-state index in [1.807, 2.05) is 11.4 Å². The van der Waals surface area contributed by atoms with E-state index < -0.39 is 10.7 Å². The van der Waals surface area contributed by atoms with Gasteiger partial charge in [-0.25, -0.2) is 4.98 Å². The van der Waals surface area contributed by atoms with E-state index in [0.717, 1.165) is 47.9 Å². The van der Waals surface area contributed by atoms with Crippen molar-refractivity contribution in [1.82, 2.24) is 4.98 Å². The molecule has 0 atom stereocenters. The van der Waals surface area contributed by atoms with Gasteiger partial charge in [0.05, 0.1) is 5.69 Å². The molecule has 0 radical (unpaired) electrons. The Morgan fingerprint density at radius 2 is 1.70 bits per heavy atom. The molecule has 0 amide bonds. The molecule has 176 valence electrons. The summed E-state index contributed by atoms with van der Waals surface area (Å²) in [7, 11) is 0. The van der Waals surface area contributed by atoms with E-state index in [-0.39, 0.29) is 6.61 Å². The molecule has 1 aromatic heterocycles. The Morgan fingerprint density at radius 1 is 1.00 bits per heavy atom. The van der Waals surface area contributed by atoms with Crippen LogP contribution in [-0.4, -0.2) is 45.6 Å². The number of nitrogens with zero attached hydrogens (tertiary/aromatic N) is 2. The van der Waals surface area contributed by atoms with Crippen molar-refractivity contribution in [3.05, 3.63) is 76.8 Å². The molecule has 2 aromatic carbocycles. The second-order valence-electron chi connectivity index (χ2n) is 8.49. The quantitative estimate of drug-likeness (QED) is 0.320. The monoisotopic (exact) mass is 484 g/mol. The largest absolute Gasteiger partial charge is 0.480 e. The lowest BCUT2D eigenvalue weighted by atomic mass is 10.1. The van der Waals surface area contributed by atoms with Crippen molar-refractivity contribution in [3.63, 3.8) is 0 Å². The van der Waals surface area contributed by atoms with Crippen LogP contribution in [0.2, 0.25) is 0 Å². The summed E-state index contributed by atoms with van der Waals surface area (Å²) < 4.78 is -0.101. The first-order chi connectivity index (χ1) is 15.9. The van der Waals surface area contributed by atoms with Gasteiger partial charge in [-0.1, -0.05) is 54.2 Å². The zero-order valence-electron chi connectivity index (χ0n) is 19.2. The van der Waals surface area contributed by atoms with Crippen LogP contribution < -0.4 is 4.90 Å². The molecule has 0 bridgehead atoms. The summed E-state index contributed by atoms with van der Waals surface area (Å²) in [6, 6.07) is 19.0. The van der Waals surface area contributed by atoms with Crippen molar-refractivity contribution in [2.45, 2.75) is 48.6 Å². The predicted molar refractivity (Wildman–Crippen MR) is 138 cm³/mol. The lowest BCUT2D eigenvalue weighted by molar-refractivity contribution is -0.138. The van der Waals surface area contributed by atoms with E-state index in [0.29, 0.717) is 6.42 Å². The SMILES string of the molecule is CC(C)(Sc1nc(CCN(CCCc2ccccc2)c2ccc(CCO)cc2)cs1)C(=O)O.